The smallest absolute Gasteiger partial charge is 0.309 e. The van der Waals surface area contributed by atoms with E-state index in [9.17, 15) is 9.59 Å². The van der Waals surface area contributed by atoms with Gasteiger partial charge in [0.15, 0.2) is 6.10 Å². The average molecular weight is 827 g/mol. The quantitative estimate of drug-likeness (QED) is 0.0349. The molecular formula is C55H86O5. The fourth-order valence-electron chi connectivity index (χ4n) is 5.73. The molecule has 60 heavy (non-hydrogen) atoms. The van der Waals surface area contributed by atoms with E-state index in [1.807, 2.05) is 12.2 Å². The first kappa shape index (κ1) is 56.0. The molecular weight excluding hydrogens is 741 g/mol. The number of esters is 2. The lowest BCUT2D eigenvalue weighted by molar-refractivity contribution is -0.162. The molecule has 0 rings (SSSR count). The van der Waals surface area contributed by atoms with Crippen molar-refractivity contribution in [1.82, 2.24) is 0 Å². The second-order valence-electron chi connectivity index (χ2n) is 14.9. The molecule has 0 fully saturated rings. The van der Waals surface area contributed by atoms with E-state index in [2.05, 4.69) is 142 Å². The van der Waals surface area contributed by atoms with Crippen molar-refractivity contribution in [2.75, 3.05) is 19.8 Å². The van der Waals surface area contributed by atoms with Gasteiger partial charge in [-0.25, -0.2) is 0 Å². The van der Waals surface area contributed by atoms with Crippen molar-refractivity contribution in [3.05, 3.63) is 134 Å². The molecule has 0 aliphatic rings. The van der Waals surface area contributed by atoms with Gasteiger partial charge in [0.05, 0.1) is 13.0 Å². The van der Waals surface area contributed by atoms with E-state index in [1.54, 1.807) is 0 Å². The Balaban J connectivity index is 4.51. The summed E-state index contributed by atoms with van der Waals surface area (Å²) in [5.41, 5.74) is 0. The lowest BCUT2D eigenvalue weighted by Crippen LogP contribution is -2.30. The third kappa shape index (κ3) is 46.7. The number of ether oxygens (including phenoxy) is 3. The summed E-state index contributed by atoms with van der Waals surface area (Å²) >= 11 is 0. The summed E-state index contributed by atoms with van der Waals surface area (Å²) in [6, 6.07) is 0. The Morgan fingerprint density at radius 3 is 1.28 bits per heavy atom. The minimum absolute atomic E-state index is 0.00300. The third-order valence-electron chi connectivity index (χ3n) is 9.17. The Morgan fingerprint density at radius 1 is 0.400 bits per heavy atom. The van der Waals surface area contributed by atoms with E-state index in [0.717, 1.165) is 122 Å². The van der Waals surface area contributed by atoms with Crippen molar-refractivity contribution in [3.63, 3.8) is 0 Å². The lowest BCUT2D eigenvalue weighted by atomic mass is 10.1. The molecule has 5 nitrogen and oxygen atoms in total. The molecule has 0 aromatic carbocycles. The van der Waals surface area contributed by atoms with Crippen LogP contribution in [0.3, 0.4) is 0 Å². The number of allylic oxidation sites excluding steroid dienone is 21. The van der Waals surface area contributed by atoms with Crippen LogP contribution in [0.4, 0.5) is 0 Å². The first-order valence-electron chi connectivity index (χ1n) is 23.7. The Hall–Kier alpha value is -3.96. The van der Waals surface area contributed by atoms with Crippen LogP contribution in [0.15, 0.2) is 134 Å². The van der Waals surface area contributed by atoms with Gasteiger partial charge in [0.1, 0.15) is 6.61 Å². The summed E-state index contributed by atoms with van der Waals surface area (Å²) in [5, 5.41) is 0. The fraction of sp³-hybridized carbons (Fsp3) is 0.564. The number of hydrogen-bond donors (Lipinski definition) is 0. The summed E-state index contributed by atoms with van der Waals surface area (Å²) in [4.78, 5) is 25.3. The van der Waals surface area contributed by atoms with E-state index in [-0.39, 0.29) is 31.6 Å². The van der Waals surface area contributed by atoms with E-state index in [1.165, 1.54) is 19.3 Å². The molecule has 0 bridgehead atoms. The predicted octanol–water partition coefficient (Wildman–Crippen LogP) is 16.0. The zero-order valence-electron chi connectivity index (χ0n) is 38.4. The molecule has 1 unspecified atom stereocenters. The zero-order chi connectivity index (χ0) is 43.5. The molecule has 0 amide bonds. The van der Waals surface area contributed by atoms with Crippen LogP contribution in [0, 0.1) is 0 Å². The van der Waals surface area contributed by atoms with Crippen LogP contribution in [-0.2, 0) is 23.8 Å². The minimum Gasteiger partial charge on any atom is -0.461 e. The third-order valence-corrected chi connectivity index (χ3v) is 9.17. The monoisotopic (exact) mass is 827 g/mol. The fourth-order valence-corrected chi connectivity index (χ4v) is 5.73. The molecule has 0 aromatic rings. The highest BCUT2D eigenvalue weighted by Crippen LogP contribution is 2.11. The largest absolute Gasteiger partial charge is 0.461 e. The van der Waals surface area contributed by atoms with Gasteiger partial charge >= 0.3 is 11.9 Å². The number of carbonyl (C=O) groups is 2. The first-order valence-corrected chi connectivity index (χ1v) is 23.7. The normalized spacial score (nSPS) is 13.4. The van der Waals surface area contributed by atoms with Crippen molar-refractivity contribution in [2.24, 2.45) is 0 Å². The molecule has 0 radical (unpaired) electrons. The number of unbranched alkanes of at least 4 members (excludes halogenated alkanes) is 9. The molecule has 0 aliphatic carbocycles. The highest BCUT2D eigenvalue weighted by Gasteiger charge is 2.17. The van der Waals surface area contributed by atoms with E-state index < -0.39 is 6.10 Å². The van der Waals surface area contributed by atoms with Gasteiger partial charge < -0.3 is 14.2 Å². The summed E-state index contributed by atoms with van der Waals surface area (Å²) in [5.74, 6) is -0.592. The summed E-state index contributed by atoms with van der Waals surface area (Å²) in [7, 11) is 0. The molecule has 0 heterocycles. The van der Waals surface area contributed by atoms with Crippen LogP contribution in [-0.4, -0.2) is 37.9 Å². The molecule has 0 N–H and O–H groups in total. The van der Waals surface area contributed by atoms with Crippen molar-refractivity contribution in [1.29, 1.82) is 0 Å². The second kappa shape index (κ2) is 49.4. The Kier molecular flexibility index (Phi) is 46.1. The van der Waals surface area contributed by atoms with Crippen LogP contribution in [0.2, 0.25) is 0 Å². The molecule has 0 saturated carbocycles. The van der Waals surface area contributed by atoms with Crippen molar-refractivity contribution >= 4 is 11.9 Å². The first-order chi connectivity index (χ1) is 29.6. The highest BCUT2D eigenvalue weighted by molar-refractivity contribution is 5.71. The Bertz CT molecular complexity index is 1300. The lowest BCUT2D eigenvalue weighted by Gasteiger charge is -2.18. The van der Waals surface area contributed by atoms with Gasteiger partial charge in [0.2, 0.25) is 0 Å². The van der Waals surface area contributed by atoms with Crippen LogP contribution < -0.4 is 0 Å². The molecule has 0 spiro atoms. The summed E-state index contributed by atoms with van der Waals surface area (Å²) in [6.45, 7) is 7.31. The van der Waals surface area contributed by atoms with Gasteiger partial charge in [-0.2, -0.15) is 0 Å². The zero-order valence-corrected chi connectivity index (χ0v) is 38.4. The van der Waals surface area contributed by atoms with Gasteiger partial charge in [-0.05, 0) is 109 Å². The van der Waals surface area contributed by atoms with Crippen LogP contribution in [0.1, 0.15) is 175 Å². The van der Waals surface area contributed by atoms with Crippen molar-refractivity contribution < 1.29 is 23.8 Å². The second-order valence-corrected chi connectivity index (χ2v) is 14.9. The van der Waals surface area contributed by atoms with Gasteiger partial charge in [-0.15, -0.1) is 0 Å². The van der Waals surface area contributed by atoms with Gasteiger partial charge in [-0.3, -0.25) is 9.59 Å². The van der Waals surface area contributed by atoms with Gasteiger partial charge in [-0.1, -0.05) is 187 Å². The van der Waals surface area contributed by atoms with Crippen molar-refractivity contribution in [3.8, 4) is 0 Å². The van der Waals surface area contributed by atoms with E-state index in [4.69, 9.17) is 14.2 Å². The predicted molar refractivity (Wildman–Crippen MR) is 260 cm³/mol. The SMILES string of the molecule is CC/C=C\C/C=C\C/C=C\C/C=C\C/C=C\CC(=O)OCC(COCCCCC/C=C\C/C=C\C/C=C\C/C=C\CC)OC(=O)CCCCCCC/C=C\C/C=C\CCC. The van der Waals surface area contributed by atoms with E-state index >= 15 is 0 Å². The Morgan fingerprint density at radius 2 is 0.800 bits per heavy atom. The number of hydrogen-bond acceptors (Lipinski definition) is 5. The number of rotatable bonds is 41. The molecule has 1 atom stereocenters. The summed E-state index contributed by atoms with van der Waals surface area (Å²) in [6.07, 6.45) is 70.5. The highest BCUT2D eigenvalue weighted by atomic mass is 16.6. The van der Waals surface area contributed by atoms with Crippen LogP contribution in [0.5, 0.6) is 0 Å². The number of carbonyl (C=O) groups excluding carboxylic acids is 2. The molecule has 0 aliphatic heterocycles. The summed E-state index contributed by atoms with van der Waals surface area (Å²) < 4.78 is 17.2. The topological polar surface area (TPSA) is 61.8 Å². The molecule has 336 valence electrons. The maximum atomic E-state index is 12.7. The minimum atomic E-state index is -0.609. The van der Waals surface area contributed by atoms with Crippen molar-refractivity contribution in [2.45, 2.75) is 181 Å². The van der Waals surface area contributed by atoms with E-state index in [0.29, 0.717) is 13.0 Å². The average Bonchev–Trinajstić information content (AvgIpc) is 3.25. The standard InChI is InChI=1S/C55H86O5/c1-4-7-10-13-16-19-22-25-27-29-32-35-38-41-44-47-50-58-51-53(60-55(57)49-46-43-40-37-34-30-24-21-18-15-12-9-6-3)52-59-54(56)48-45-42-39-36-33-31-28-26-23-20-17-14-11-8-5-2/h7-8,10-12,15-17,19-21,24-28,32-33,35-36,42,45,53H,4-6,9,13-14,18,22-23,29-31,34,37-41,43-44,46-52H2,1-3H3/b10-7-,11-8-,15-12-,19-16-,20-17-,24-21-,27-25-,28-26-,35-32-,36-33-,45-42-. The molecule has 5 heteroatoms. The Labute approximate surface area is 369 Å². The molecule has 0 saturated heterocycles. The van der Waals surface area contributed by atoms with Gasteiger partial charge in [0, 0.05) is 13.0 Å². The van der Waals surface area contributed by atoms with Gasteiger partial charge in [0.25, 0.3) is 0 Å². The van der Waals surface area contributed by atoms with Crippen LogP contribution in [0.25, 0.3) is 0 Å². The molecule has 0 aromatic heterocycles. The maximum Gasteiger partial charge on any atom is 0.309 e. The van der Waals surface area contributed by atoms with Crippen LogP contribution >= 0.6 is 0 Å². The maximum absolute atomic E-state index is 12.7.